The molecule has 0 aliphatic heterocycles. The van der Waals surface area contributed by atoms with Crippen LogP contribution in [0.5, 0.6) is 0 Å². The first-order valence-corrected chi connectivity index (χ1v) is 9.41. The lowest BCUT2D eigenvalue weighted by atomic mass is 9.89. The lowest BCUT2D eigenvalue weighted by Crippen LogP contribution is -2.25. The quantitative estimate of drug-likeness (QED) is 0.590. The zero-order valence-corrected chi connectivity index (χ0v) is 12.9. The standard InChI is InChI=1S/C10H22O6S2/c1-5-9(7-15-17(3,11)12)10(6-2)8-16-18(4,13)14/h9-10H,5-8H2,1-4H3. The average Bonchev–Trinajstić information content (AvgIpc) is 2.20. The molecule has 0 spiro atoms. The average molecular weight is 302 g/mol. The van der Waals surface area contributed by atoms with E-state index in [2.05, 4.69) is 0 Å². The molecule has 6 nitrogen and oxygen atoms in total. The van der Waals surface area contributed by atoms with Crippen molar-refractivity contribution in [2.24, 2.45) is 11.8 Å². The van der Waals surface area contributed by atoms with Crippen molar-refractivity contribution in [2.45, 2.75) is 26.7 Å². The Morgan fingerprint density at radius 2 is 1.06 bits per heavy atom. The summed E-state index contributed by atoms with van der Waals surface area (Å²) in [6.45, 7) is 3.92. The van der Waals surface area contributed by atoms with Crippen molar-refractivity contribution in [1.29, 1.82) is 0 Å². The molecule has 0 saturated heterocycles. The van der Waals surface area contributed by atoms with E-state index in [9.17, 15) is 16.8 Å². The van der Waals surface area contributed by atoms with Gasteiger partial charge in [-0.3, -0.25) is 8.37 Å². The van der Waals surface area contributed by atoms with Gasteiger partial charge in [-0.25, -0.2) is 0 Å². The van der Waals surface area contributed by atoms with Crippen molar-refractivity contribution in [2.75, 3.05) is 25.7 Å². The first-order valence-electron chi connectivity index (χ1n) is 5.77. The minimum atomic E-state index is -3.47. The van der Waals surface area contributed by atoms with E-state index in [1.54, 1.807) is 0 Å². The molecule has 0 aromatic rings. The van der Waals surface area contributed by atoms with Crippen LogP contribution in [0.1, 0.15) is 26.7 Å². The summed E-state index contributed by atoms with van der Waals surface area (Å²) in [5.74, 6) is -0.0991. The summed E-state index contributed by atoms with van der Waals surface area (Å²) in [4.78, 5) is 0. The van der Waals surface area contributed by atoms with E-state index in [1.165, 1.54) is 0 Å². The Balaban J connectivity index is 4.48. The second-order valence-electron chi connectivity index (χ2n) is 4.31. The molecule has 0 N–H and O–H groups in total. The zero-order chi connectivity index (χ0) is 14.4. The van der Waals surface area contributed by atoms with Gasteiger partial charge in [0.25, 0.3) is 20.2 Å². The van der Waals surface area contributed by atoms with Crippen LogP contribution in [0.15, 0.2) is 0 Å². The molecular formula is C10H22O6S2. The molecule has 0 rings (SSSR count). The van der Waals surface area contributed by atoms with Gasteiger partial charge in [0.2, 0.25) is 0 Å². The lowest BCUT2D eigenvalue weighted by Gasteiger charge is -2.23. The van der Waals surface area contributed by atoms with Crippen LogP contribution in [0.25, 0.3) is 0 Å². The van der Waals surface area contributed by atoms with Crippen molar-refractivity contribution >= 4 is 20.2 Å². The van der Waals surface area contributed by atoms with Gasteiger partial charge in [-0.15, -0.1) is 0 Å². The molecule has 8 heteroatoms. The summed E-state index contributed by atoms with van der Waals surface area (Å²) < 4.78 is 53.2. The molecule has 110 valence electrons. The van der Waals surface area contributed by atoms with Gasteiger partial charge in [0.05, 0.1) is 25.7 Å². The minimum Gasteiger partial charge on any atom is -0.270 e. The van der Waals surface area contributed by atoms with Crippen molar-refractivity contribution in [3.05, 3.63) is 0 Å². The van der Waals surface area contributed by atoms with E-state index in [-0.39, 0.29) is 25.0 Å². The molecule has 0 aliphatic rings. The fraction of sp³-hybridized carbons (Fsp3) is 1.00. The number of rotatable bonds is 9. The first kappa shape index (κ1) is 17.8. The summed E-state index contributed by atoms with van der Waals surface area (Å²) in [5.41, 5.74) is 0. The van der Waals surface area contributed by atoms with Crippen molar-refractivity contribution in [1.82, 2.24) is 0 Å². The van der Waals surface area contributed by atoms with Crippen molar-refractivity contribution in [3.8, 4) is 0 Å². The summed E-state index contributed by atoms with van der Waals surface area (Å²) in [6, 6.07) is 0. The first-order chi connectivity index (χ1) is 8.09. The second kappa shape index (κ2) is 7.42. The Labute approximate surface area is 110 Å². The molecule has 0 aromatic heterocycles. The zero-order valence-electron chi connectivity index (χ0n) is 11.2. The van der Waals surface area contributed by atoms with Crippen LogP contribution >= 0.6 is 0 Å². The molecule has 0 saturated carbocycles. The molecule has 0 fully saturated rings. The topological polar surface area (TPSA) is 86.7 Å². The van der Waals surface area contributed by atoms with E-state index in [1.807, 2.05) is 13.8 Å². The minimum absolute atomic E-state index is 0.0496. The maximum Gasteiger partial charge on any atom is 0.264 e. The maximum absolute atomic E-state index is 10.9. The molecule has 0 heterocycles. The van der Waals surface area contributed by atoms with E-state index < -0.39 is 20.2 Å². The van der Waals surface area contributed by atoms with Gasteiger partial charge >= 0.3 is 0 Å². The second-order valence-corrected chi connectivity index (χ2v) is 7.60. The molecule has 0 amide bonds. The van der Waals surface area contributed by atoms with Crippen LogP contribution in [-0.4, -0.2) is 42.6 Å². The van der Waals surface area contributed by atoms with Crippen LogP contribution in [0, 0.1) is 11.8 Å². The summed E-state index contributed by atoms with van der Waals surface area (Å²) in [7, 11) is -6.95. The summed E-state index contributed by atoms with van der Waals surface area (Å²) in [5, 5.41) is 0. The Bertz CT molecular complexity index is 383. The highest BCUT2D eigenvalue weighted by atomic mass is 32.2. The number of hydrogen-bond donors (Lipinski definition) is 0. The third kappa shape index (κ3) is 8.84. The lowest BCUT2D eigenvalue weighted by molar-refractivity contribution is 0.142. The third-order valence-corrected chi connectivity index (χ3v) is 3.84. The van der Waals surface area contributed by atoms with Gasteiger partial charge in [0.1, 0.15) is 0 Å². The summed E-state index contributed by atoms with van der Waals surface area (Å²) in [6.07, 6.45) is 3.38. The Morgan fingerprint density at radius 3 is 1.22 bits per heavy atom. The van der Waals surface area contributed by atoms with Crippen LogP contribution < -0.4 is 0 Å². The van der Waals surface area contributed by atoms with Gasteiger partial charge in [-0.1, -0.05) is 26.7 Å². The normalized spacial score (nSPS) is 16.4. The molecular weight excluding hydrogens is 280 g/mol. The van der Waals surface area contributed by atoms with Crippen LogP contribution in [-0.2, 0) is 28.6 Å². The fourth-order valence-corrected chi connectivity index (χ4v) is 2.44. The van der Waals surface area contributed by atoms with Gasteiger partial charge < -0.3 is 0 Å². The van der Waals surface area contributed by atoms with Gasteiger partial charge in [-0.05, 0) is 11.8 Å². The number of hydrogen-bond acceptors (Lipinski definition) is 6. The van der Waals surface area contributed by atoms with Gasteiger partial charge in [-0.2, -0.15) is 16.8 Å². The van der Waals surface area contributed by atoms with Crippen LogP contribution in [0.2, 0.25) is 0 Å². The molecule has 0 aliphatic carbocycles. The SMILES string of the molecule is CCC(COS(C)(=O)=O)C(CC)COS(C)(=O)=O. The predicted molar refractivity (Wildman–Crippen MR) is 69.2 cm³/mol. The van der Waals surface area contributed by atoms with Crippen molar-refractivity contribution < 1.29 is 25.2 Å². The van der Waals surface area contributed by atoms with E-state index in [0.29, 0.717) is 12.8 Å². The van der Waals surface area contributed by atoms with Gasteiger partial charge in [0.15, 0.2) is 0 Å². The highest BCUT2D eigenvalue weighted by Gasteiger charge is 2.22. The fourth-order valence-electron chi connectivity index (χ4n) is 1.60. The Hall–Kier alpha value is -0.180. The largest absolute Gasteiger partial charge is 0.270 e. The van der Waals surface area contributed by atoms with E-state index >= 15 is 0 Å². The molecule has 0 radical (unpaired) electrons. The van der Waals surface area contributed by atoms with E-state index in [0.717, 1.165) is 12.5 Å². The van der Waals surface area contributed by atoms with Crippen LogP contribution in [0.4, 0.5) is 0 Å². The monoisotopic (exact) mass is 302 g/mol. The molecule has 18 heavy (non-hydrogen) atoms. The smallest absolute Gasteiger partial charge is 0.264 e. The van der Waals surface area contributed by atoms with Crippen molar-refractivity contribution in [3.63, 3.8) is 0 Å². The van der Waals surface area contributed by atoms with E-state index in [4.69, 9.17) is 8.37 Å². The molecule has 2 unspecified atom stereocenters. The van der Waals surface area contributed by atoms with Gasteiger partial charge in [0, 0.05) is 0 Å². The summed E-state index contributed by atoms with van der Waals surface area (Å²) >= 11 is 0. The molecule has 0 bridgehead atoms. The molecule has 0 aromatic carbocycles. The predicted octanol–water partition coefficient (Wildman–Crippen LogP) is 0.991. The van der Waals surface area contributed by atoms with Crippen LogP contribution in [0.3, 0.4) is 0 Å². The Morgan fingerprint density at radius 1 is 0.778 bits per heavy atom. The molecule has 2 atom stereocenters. The highest BCUT2D eigenvalue weighted by molar-refractivity contribution is 7.86. The highest BCUT2D eigenvalue weighted by Crippen LogP contribution is 2.21. The Kier molecular flexibility index (Phi) is 7.34. The maximum atomic E-state index is 10.9. The third-order valence-electron chi connectivity index (χ3n) is 2.71.